The van der Waals surface area contributed by atoms with Crippen LogP contribution in [-0.2, 0) is 0 Å². The molecule has 66 valence electrons. The number of rotatable bonds is 3. The van der Waals surface area contributed by atoms with Gasteiger partial charge in [-0.3, -0.25) is 0 Å². The van der Waals surface area contributed by atoms with Gasteiger partial charge in [-0.2, -0.15) is 0 Å². The monoisotopic (exact) mass is 183 g/mol. The van der Waals surface area contributed by atoms with Gasteiger partial charge >= 0.3 is 0 Å². The minimum Gasteiger partial charge on any atom is -0.330 e. The number of hydrogen-bond donors (Lipinski definition) is 1. The molecule has 0 atom stereocenters. The molecule has 0 heterocycles. The fraction of sp³-hybridized carbons (Fsp3) is 1.00. The van der Waals surface area contributed by atoms with Crippen molar-refractivity contribution < 1.29 is 0 Å². The summed E-state index contributed by atoms with van der Waals surface area (Å²) in [6, 6.07) is 1.46. The SMILES string of the molecule is CCCCN.CCC[SiH3].Cl. The lowest BCUT2D eigenvalue weighted by Gasteiger charge is -1.80. The predicted octanol–water partition coefficient (Wildman–Crippen LogP) is 1.35. The van der Waals surface area contributed by atoms with Crippen LogP contribution in [0.1, 0.15) is 33.1 Å². The molecule has 0 rings (SSSR count). The third kappa shape index (κ3) is 39.3. The zero-order chi connectivity index (χ0) is 7.54. The molecule has 0 aromatic carbocycles. The lowest BCUT2D eigenvalue weighted by Crippen LogP contribution is -1.95. The quantitative estimate of drug-likeness (QED) is 0.657. The van der Waals surface area contributed by atoms with Gasteiger partial charge in [-0.1, -0.05) is 32.7 Å². The molecule has 0 radical (unpaired) electrons. The Morgan fingerprint density at radius 1 is 1.20 bits per heavy atom. The molecule has 0 aliphatic carbocycles. The van der Waals surface area contributed by atoms with E-state index < -0.39 is 0 Å². The molecule has 0 bridgehead atoms. The number of halogens is 1. The Morgan fingerprint density at radius 3 is 1.60 bits per heavy atom. The molecule has 3 heteroatoms. The van der Waals surface area contributed by atoms with Gasteiger partial charge in [-0.25, -0.2) is 0 Å². The summed E-state index contributed by atoms with van der Waals surface area (Å²) >= 11 is 0. The number of nitrogens with two attached hydrogens (primary N) is 1. The van der Waals surface area contributed by atoms with Crippen molar-refractivity contribution in [3.05, 3.63) is 0 Å². The average Bonchev–Trinajstić information content (AvgIpc) is 1.91. The zero-order valence-corrected chi connectivity index (χ0v) is 10.3. The smallest absolute Gasteiger partial charge is 0.00278 e. The van der Waals surface area contributed by atoms with E-state index >= 15 is 0 Å². The molecule has 0 saturated carbocycles. The Balaban J connectivity index is -0.0000000910. The van der Waals surface area contributed by atoms with E-state index in [9.17, 15) is 0 Å². The molecule has 0 aromatic heterocycles. The average molecular weight is 184 g/mol. The molecule has 2 N–H and O–H groups in total. The summed E-state index contributed by atoms with van der Waals surface area (Å²) in [5.74, 6) is 0. The fourth-order valence-corrected chi connectivity index (χ4v) is 0.204. The highest BCUT2D eigenvalue weighted by atomic mass is 35.5. The highest BCUT2D eigenvalue weighted by Gasteiger charge is 1.67. The van der Waals surface area contributed by atoms with Gasteiger partial charge in [0.2, 0.25) is 0 Å². The van der Waals surface area contributed by atoms with E-state index in [1.54, 1.807) is 0 Å². The Morgan fingerprint density at radius 2 is 1.60 bits per heavy atom. The molecule has 0 spiro atoms. The summed E-state index contributed by atoms with van der Waals surface area (Å²) < 4.78 is 0. The molecule has 0 aliphatic rings. The topological polar surface area (TPSA) is 26.0 Å². The van der Waals surface area contributed by atoms with Gasteiger partial charge in [0.15, 0.2) is 0 Å². The molecule has 0 fully saturated rings. The summed E-state index contributed by atoms with van der Waals surface area (Å²) in [7, 11) is 1.39. The van der Waals surface area contributed by atoms with Crippen LogP contribution in [-0.4, -0.2) is 16.8 Å². The van der Waals surface area contributed by atoms with Crippen LogP contribution in [0.15, 0.2) is 0 Å². The van der Waals surface area contributed by atoms with Crippen molar-refractivity contribution in [1.82, 2.24) is 0 Å². The molecule has 10 heavy (non-hydrogen) atoms. The third-order valence-electron chi connectivity index (χ3n) is 1.06. The molecule has 0 unspecified atom stereocenters. The van der Waals surface area contributed by atoms with E-state index in [2.05, 4.69) is 13.8 Å². The summed E-state index contributed by atoms with van der Waals surface area (Å²) in [6.07, 6.45) is 3.77. The molecule has 0 amide bonds. The Kier molecular flexibility index (Phi) is 38.2. The highest BCUT2D eigenvalue weighted by Crippen LogP contribution is 1.77. The largest absolute Gasteiger partial charge is 0.330 e. The van der Waals surface area contributed by atoms with Gasteiger partial charge in [0.25, 0.3) is 0 Å². The maximum Gasteiger partial charge on any atom is 0.00278 e. The van der Waals surface area contributed by atoms with Gasteiger partial charge in [-0.15, -0.1) is 12.4 Å². The Bertz CT molecular complexity index is 32.8. The minimum absolute atomic E-state index is 0. The normalized spacial score (nSPS) is 7.50. The molecule has 1 nitrogen and oxygen atoms in total. The van der Waals surface area contributed by atoms with Gasteiger partial charge in [0.05, 0.1) is 0 Å². The van der Waals surface area contributed by atoms with Crippen LogP contribution in [0.25, 0.3) is 0 Å². The minimum atomic E-state index is 0. The van der Waals surface area contributed by atoms with Crippen LogP contribution in [0.4, 0.5) is 0 Å². The van der Waals surface area contributed by atoms with Crippen molar-refractivity contribution in [3.63, 3.8) is 0 Å². The number of hydrogen-bond acceptors (Lipinski definition) is 1. The van der Waals surface area contributed by atoms with Crippen molar-refractivity contribution in [1.29, 1.82) is 0 Å². The van der Waals surface area contributed by atoms with Gasteiger partial charge in [-0.05, 0) is 13.0 Å². The van der Waals surface area contributed by atoms with Crippen molar-refractivity contribution in [2.24, 2.45) is 5.73 Å². The van der Waals surface area contributed by atoms with Gasteiger partial charge in [0, 0.05) is 10.2 Å². The van der Waals surface area contributed by atoms with Crippen LogP contribution in [0.2, 0.25) is 6.04 Å². The third-order valence-corrected chi connectivity index (χ3v) is 2.06. The van der Waals surface area contributed by atoms with E-state index in [1.807, 2.05) is 0 Å². The van der Waals surface area contributed by atoms with Gasteiger partial charge in [0.1, 0.15) is 0 Å². The van der Waals surface area contributed by atoms with Crippen LogP contribution >= 0.6 is 12.4 Å². The lowest BCUT2D eigenvalue weighted by molar-refractivity contribution is 0.807. The standard InChI is InChI=1S/C4H11N.C3H10Si.ClH/c1-2-3-4-5;1-2-3-4;/h2-5H2,1H3;2-3H2,1,4H3;1H. The molecule has 0 saturated heterocycles. The summed E-state index contributed by atoms with van der Waals surface area (Å²) in [5.41, 5.74) is 5.14. The first-order valence-corrected chi connectivity index (χ1v) is 5.44. The second-order valence-corrected chi connectivity index (χ2v) is 3.14. The maximum absolute atomic E-state index is 5.14. The fourth-order valence-electron chi connectivity index (χ4n) is 0.204. The predicted molar refractivity (Wildman–Crippen MR) is 56.2 cm³/mol. The van der Waals surface area contributed by atoms with E-state index in [4.69, 9.17) is 5.73 Å². The molecular formula is C7H22ClNSi. The van der Waals surface area contributed by atoms with Crippen LogP contribution in [0.5, 0.6) is 0 Å². The Labute approximate surface area is 74.6 Å². The van der Waals surface area contributed by atoms with Crippen molar-refractivity contribution >= 4 is 22.6 Å². The van der Waals surface area contributed by atoms with Crippen LogP contribution in [0.3, 0.4) is 0 Å². The summed E-state index contributed by atoms with van der Waals surface area (Å²) in [6.45, 7) is 5.19. The second kappa shape index (κ2) is 22.7. The molecular weight excluding hydrogens is 162 g/mol. The Hall–Kier alpha value is 0.467. The molecule has 0 aromatic rings. The maximum atomic E-state index is 5.14. The zero-order valence-electron chi connectivity index (χ0n) is 7.52. The summed E-state index contributed by atoms with van der Waals surface area (Å²) in [5, 5.41) is 0. The summed E-state index contributed by atoms with van der Waals surface area (Å²) in [4.78, 5) is 0. The van der Waals surface area contributed by atoms with Crippen LogP contribution < -0.4 is 5.73 Å². The van der Waals surface area contributed by atoms with Crippen molar-refractivity contribution in [2.45, 2.75) is 39.2 Å². The van der Waals surface area contributed by atoms with Crippen molar-refractivity contribution in [2.75, 3.05) is 6.54 Å². The van der Waals surface area contributed by atoms with Crippen LogP contribution in [0, 0.1) is 0 Å². The second-order valence-electron chi connectivity index (χ2n) is 2.14. The first-order valence-electron chi connectivity index (χ1n) is 4.03. The first kappa shape index (κ1) is 16.8. The van der Waals surface area contributed by atoms with E-state index in [-0.39, 0.29) is 12.4 Å². The van der Waals surface area contributed by atoms with Gasteiger partial charge < -0.3 is 5.73 Å². The lowest BCUT2D eigenvalue weighted by atomic mass is 10.3. The van der Waals surface area contributed by atoms with E-state index in [0.29, 0.717) is 0 Å². The molecule has 0 aliphatic heterocycles. The first-order chi connectivity index (χ1) is 4.33. The number of unbranched alkanes of at least 4 members (excludes halogenated alkanes) is 1. The van der Waals surface area contributed by atoms with E-state index in [1.165, 1.54) is 35.5 Å². The van der Waals surface area contributed by atoms with Crippen molar-refractivity contribution in [3.8, 4) is 0 Å². The van der Waals surface area contributed by atoms with E-state index in [0.717, 1.165) is 6.54 Å². The highest BCUT2D eigenvalue weighted by molar-refractivity contribution is 6.08.